The predicted octanol–water partition coefficient (Wildman–Crippen LogP) is 8.71. The molecule has 0 bridgehead atoms. The lowest BCUT2D eigenvalue weighted by atomic mass is 9.90. The summed E-state index contributed by atoms with van der Waals surface area (Å²) in [6.07, 6.45) is -5.35. The maximum atomic E-state index is 13.7. The summed E-state index contributed by atoms with van der Waals surface area (Å²) in [4.78, 5) is 20.4. The highest BCUT2D eigenvalue weighted by molar-refractivity contribution is 5.88. The third-order valence-corrected chi connectivity index (χ3v) is 7.87. The molecule has 250 valence electrons. The number of alkyl halides is 3. The Labute approximate surface area is 269 Å². The minimum absolute atomic E-state index is 0.0646. The molecular formula is C36H44F4N2O4. The molecule has 1 aliphatic rings. The minimum atomic E-state index is -4.27. The summed E-state index contributed by atoms with van der Waals surface area (Å²) in [5.41, 5.74) is 4.04. The highest BCUT2D eigenvalue weighted by Gasteiger charge is 2.43. The lowest BCUT2D eigenvalue weighted by molar-refractivity contribution is -0.179. The first-order chi connectivity index (χ1) is 21.5. The number of pyridine rings is 1. The molecule has 2 heterocycles. The van der Waals surface area contributed by atoms with Gasteiger partial charge in [0, 0.05) is 42.0 Å². The summed E-state index contributed by atoms with van der Waals surface area (Å²) in [6, 6.07) is 13.7. The number of esters is 1. The monoisotopic (exact) mass is 644 g/mol. The molecule has 1 fully saturated rings. The number of nitrogens with zero attached hydrogens (tertiary/aromatic N) is 2. The van der Waals surface area contributed by atoms with E-state index in [2.05, 4.69) is 0 Å². The number of carbonyl (C=O) groups excluding carboxylic acids is 1. The first-order valence-electron chi connectivity index (χ1n) is 15.7. The third kappa shape index (κ3) is 8.99. The fraction of sp³-hybridized carbons (Fsp3) is 0.500. The van der Waals surface area contributed by atoms with E-state index in [0.717, 1.165) is 11.1 Å². The first-order valence-corrected chi connectivity index (χ1v) is 15.7. The van der Waals surface area contributed by atoms with Gasteiger partial charge in [-0.2, -0.15) is 13.2 Å². The summed E-state index contributed by atoms with van der Waals surface area (Å²) >= 11 is 0. The van der Waals surface area contributed by atoms with Crippen LogP contribution >= 0.6 is 0 Å². The van der Waals surface area contributed by atoms with Gasteiger partial charge in [0.25, 0.3) is 0 Å². The number of hydrogen-bond acceptors (Lipinski definition) is 6. The van der Waals surface area contributed by atoms with Crippen molar-refractivity contribution in [1.82, 2.24) is 4.98 Å². The number of ether oxygens (including phenoxy) is 3. The standard InChI is InChI=1S/C36H44F4N2O4/c1-22(2)45-34(43)33(46-35(5,6)7)31-24(4)41-23(3)30(32(31)42-19-16-27(17-20-42)36(38,39)40)26-10-14-29(15-11-26)44-21-18-25-8-12-28(37)13-9-25/h8-15,22,27,33H,16-21H2,1-7H3/t33-/m0/s1. The predicted molar refractivity (Wildman–Crippen MR) is 171 cm³/mol. The average molecular weight is 645 g/mol. The number of halogens is 4. The second-order valence-corrected chi connectivity index (χ2v) is 13.1. The number of rotatable bonds is 10. The lowest BCUT2D eigenvalue weighted by Gasteiger charge is -2.39. The van der Waals surface area contributed by atoms with Gasteiger partial charge in [-0.3, -0.25) is 4.98 Å². The average Bonchev–Trinajstić information content (AvgIpc) is 2.96. The molecule has 0 N–H and O–H groups in total. The van der Waals surface area contributed by atoms with Crippen molar-refractivity contribution in [3.8, 4) is 16.9 Å². The Morgan fingerprint density at radius 1 is 0.957 bits per heavy atom. The van der Waals surface area contributed by atoms with E-state index in [9.17, 15) is 22.4 Å². The number of benzene rings is 2. The van der Waals surface area contributed by atoms with Gasteiger partial charge in [-0.25, -0.2) is 9.18 Å². The maximum absolute atomic E-state index is 13.7. The van der Waals surface area contributed by atoms with Crippen molar-refractivity contribution in [2.24, 2.45) is 5.92 Å². The number of anilines is 1. The number of carbonyl (C=O) groups is 1. The Morgan fingerprint density at radius 2 is 1.57 bits per heavy atom. The summed E-state index contributed by atoms with van der Waals surface area (Å²) in [7, 11) is 0. The molecule has 1 saturated heterocycles. The van der Waals surface area contributed by atoms with E-state index < -0.39 is 35.9 Å². The van der Waals surface area contributed by atoms with Crippen LogP contribution in [0.15, 0.2) is 48.5 Å². The molecule has 0 radical (unpaired) electrons. The van der Waals surface area contributed by atoms with Crippen molar-refractivity contribution >= 4 is 11.7 Å². The van der Waals surface area contributed by atoms with Gasteiger partial charge in [-0.1, -0.05) is 24.3 Å². The largest absolute Gasteiger partial charge is 0.493 e. The quantitative estimate of drug-likeness (QED) is 0.163. The smallest absolute Gasteiger partial charge is 0.391 e. The minimum Gasteiger partial charge on any atom is -0.493 e. The Morgan fingerprint density at radius 3 is 2.11 bits per heavy atom. The molecule has 6 nitrogen and oxygen atoms in total. The SMILES string of the molecule is Cc1nc(C)c([C@H](OC(C)(C)C)C(=O)OC(C)C)c(N2CCC(C(F)(F)F)CC2)c1-c1ccc(OCCc2ccc(F)cc2)cc1. The van der Waals surface area contributed by atoms with E-state index in [1.807, 2.05) is 56.9 Å². The molecule has 1 aliphatic heterocycles. The molecule has 0 amide bonds. The van der Waals surface area contributed by atoms with Crippen molar-refractivity contribution in [1.29, 1.82) is 0 Å². The molecule has 0 saturated carbocycles. The van der Waals surface area contributed by atoms with Crippen LogP contribution in [0, 0.1) is 25.6 Å². The van der Waals surface area contributed by atoms with Crippen LogP contribution in [0.25, 0.3) is 11.1 Å². The molecule has 0 unspecified atom stereocenters. The van der Waals surface area contributed by atoms with E-state index in [1.54, 1.807) is 32.9 Å². The highest BCUT2D eigenvalue weighted by atomic mass is 19.4. The van der Waals surface area contributed by atoms with Gasteiger partial charge in [0.1, 0.15) is 11.6 Å². The van der Waals surface area contributed by atoms with Crippen molar-refractivity contribution in [2.75, 3.05) is 24.6 Å². The zero-order valence-electron chi connectivity index (χ0n) is 27.6. The zero-order valence-corrected chi connectivity index (χ0v) is 27.6. The van der Waals surface area contributed by atoms with Crippen LogP contribution in [0.5, 0.6) is 5.75 Å². The Bertz CT molecular complexity index is 1470. The van der Waals surface area contributed by atoms with Crippen LogP contribution < -0.4 is 9.64 Å². The Kier molecular flexibility index (Phi) is 11.0. The van der Waals surface area contributed by atoms with Gasteiger partial charge in [-0.05, 0) is 96.7 Å². The van der Waals surface area contributed by atoms with Gasteiger partial charge in [0.15, 0.2) is 6.10 Å². The summed E-state index contributed by atoms with van der Waals surface area (Å²) in [5.74, 6) is -1.63. The Balaban J connectivity index is 1.76. The van der Waals surface area contributed by atoms with Crippen molar-refractivity contribution < 1.29 is 36.6 Å². The summed E-state index contributed by atoms with van der Waals surface area (Å²) < 4.78 is 72.2. The maximum Gasteiger partial charge on any atom is 0.391 e. The number of aryl methyl sites for hydroxylation is 2. The van der Waals surface area contributed by atoms with Crippen LogP contribution in [-0.2, 0) is 20.7 Å². The summed E-state index contributed by atoms with van der Waals surface area (Å²) in [6.45, 7) is 13.4. The van der Waals surface area contributed by atoms with E-state index in [-0.39, 0.29) is 31.7 Å². The van der Waals surface area contributed by atoms with Crippen LogP contribution in [-0.4, -0.2) is 48.5 Å². The lowest BCUT2D eigenvalue weighted by Crippen LogP contribution is -2.40. The molecule has 4 rings (SSSR count). The van der Waals surface area contributed by atoms with Crippen LogP contribution in [0.3, 0.4) is 0 Å². The molecule has 0 spiro atoms. The molecule has 3 aromatic rings. The molecule has 1 aromatic heterocycles. The molecule has 1 atom stereocenters. The Hall–Kier alpha value is -3.66. The van der Waals surface area contributed by atoms with Gasteiger partial charge >= 0.3 is 12.1 Å². The van der Waals surface area contributed by atoms with Crippen molar-refractivity contribution in [3.05, 3.63) is 76.9 Å². The van der Waals surface area contributed by atoms with Gasteiger partial charge < -0.3 is 19.1 Å². The van der Waals surface area contributed by atoms with Crippen LogP contribution in [0.2, 0.25) is 0 Å². The van der Waals surface area contributed by atoms with Crippen LogP contribution in [0.1, 0.15) is 76.1 Å². The van der Waals surface area contributed by atoms with E-state index in [4.69, 9.17) is 19.2 Å². The normalized spacial score (nSPS) is 15.3. The van der Waals surface area contributed by atoms with E-state index in [1.165, 1.54) is 12.1 Å². The number of piperidine rings is 1. The molecule has 2 aromatic carbocycles. The number of hydrogen-bond donors (Lipinski definition) is 0. The first kappa shape index (κ1) is 35.2. The molecule has 10 heteroatoms. The fourth-order valence-corrected chi connectivity index (χ4v) is 5.79. The van der Waals surface area contributed by atoms with Crippen molar-refractivity contribution in [2.45, 2.75) is 91.7 Å². The van der Waals surface area contributed by atoms with E-state index in [0.29, 0.717) is 47.0 Å². The van der Waals surface area contributed by atoms with Gasteiger partial charge in [0.2, 0.25) is 0 Å². The third-order valence-electron chi connectivity index (χ3n) is 7.87. The summed E-state index contributed by atoms with van der Waals surface area (Å²) in [5, 5.41) is 0. The van der Waals surface area contributed by atoms with Gasteiger partial charge in [-0.15, -0.1) is 0 Å². The van der Waals surface area contributed by atoms with Crippen molar-refractivity contribution in [3.63, 3.8) is 0 Å². The zero-order chi connectivity index (χ0) is 33.8. The van der Waals surface area contributed by atoms with Gasteiger partial charge in [0.05, 0.1) is 29.9 Å². The van der Waals surface area contributed by atoms with E-state index >= 15 is 0 Å². The second kappa shape index (κ2) is 14.4. The number of aromatic nitrogens is 1. The molecular weight excluding hydrogens is 600 g/mol. The molecule has 46 heavy (non-hydrogen) atoms. The fourth-order valence-electron chi connectivity index (χ4n) is 5.79. The van der Waals surface area contributed by atoms with Crippen LogP contribution in [0.4, 0.5) is 23.2 Å². The second-order valence-electron chi connectivity index (χ2n) is 13.1. The highest BCUT2D eigenvalue weighted by Crippen LogP contribution is 2.45. The molecule has 0 aliphatic carbocycles. The topological polar surface area (TPSA) is 60.9 Å².